The zero-order valence-electron chi connectivity index (χ0n) is 11.2. The fraction of sp³-hybridized carbons (Fsp3) is 0. The maximum atomic E-state index is 12.4. The van der Waals surface area contributed by atoms with Gasteiger partial charge < -0.3 is 4.98 Å². The summed E-state index contributed by atoms with van der Waals surface area (Å²) >= 11 is 6.06. The molecule has 22 heavy (non-hydrogen) atoms. The minimum absolute atomic E-state index is 0.0844. The van der Waals surface area contributed by atoms with Crippen LogP contribution >= 0.6 is 11.6 Å². The van der Waals surface area contributed by atoms with Gasteiger partial charge in [-0.05, 0) is 42.5 Å². The van der Waals surface area contributed by atoms with Crippen LogP contribution in [0, 0.1) is 11.3 Å². The van der Waals surface area contributed by atoms with Crippen molar-refractivity contribution in [1.82, 2.24) is 4.98 Å². The molecule has 0 bridgehead atoms. The SMILES string of the molecule is N#Cc1ccc(S(=O)(=O)Nc2ccc(Cl)c3cc[nH]c23)cc1. The number of halogens is 1. The quantitative estimate of drug-likeness (QED) is 0.770. The minimum Gasteiger partial charge on any atom is -0.359 e. The van der Waals surface area contributed by atoms with Gasteiger partial charge in [-0.1, -0.05) is 11.6 Å². The van der Waals surface area contributed by atoms with Crippen LogP contribution in [0.3, 0.4) is 0 Å². The predicted molar refractivity (Wildman–Crippen MR) is 85.3 cm³/mol. The van der Waals surface area contributed by atoms with Crippen molar-refractivity contribution in [2.45, 2.75) is 4.90 Å². The van der Waals surface area contributed by atoms with E-state index in [-0.39, 0.29) is 4.90 Å². The lowest BCUT2D eigenvalue weighted by atomic mass is 10.2. The van der Waals surface area contributed by atoms with Gasteiger partial charge in [0, 0.05) is 11.6 Å². The van der Waals surface area contributed by atoms with E-state index in [0.717, 1.165) is 5.39 Å². The predicted octanol–water partition coefficient (Wildman–Crippen LogP) is 3.49. The van der Waals surface area contributed by atoms with Gasteiger partial charge in [-0.15, -0.1) is 0 Å². The Kier molecular flexibility index (Phi) is 3.53. The summed E-state index contributed by atoms with van der Waals surface area (Å²) in [6, 6.07) is 12.7. The van der Waals surface area contributed by atoms with E-state index in [1.807, 2.05) is 6.07 Å². The molecule has 0 aliphatic heterocycles. The van der Waals surface area contributed by atoms with Gasteiger partial charge in [-0.25, -0.2) is 8.42 Å². The van der Waals surface area contributed by atoms with Crippen molar-refractivity contribution in [3.63, 3.8) is 0 Å². The number of benzene rings is 2. The number of sulfonamides is 1. The molecule has 1 heterocycles. The topological polar surface area (TPSA) is 85.8 Å². The van der Waals surface area contributed by atoms with E-state index in [0.29, 0.717) is 21.8 Å². The number of aromatic amines is 1. The van der Waals surface area contributed by atoms with Crippen LogP contribution in [0.2, 0.25) is 5.02 Å². The number of nitrogens with one attached hydrogen (secondary N) is 2. The molecule has 0 fully saturated rings. The van der Waals surface area contributed by atoms with Gasteiger partial charge in [0.1, 0.15) is 0 Å². The van der Waals surface area contributed by atoms with E-state index >= 15 is 0 Å². The second-order valence-electron chi connectivity index (χ2n) is 4.60. The van der Waals surface area contributed by atoms with Crippen LogP contribution in [0.5, 0.6) is 0 Å². The van der Waals surface area contributed by atoms with Gasteiger partial charge in [0.05, 0.1) is 32.8 Å². The van der Waals surface area contributed by atoms with E-state index < -0.39 is 10.0 Å². The number of H-pyrrole nitrogens is 1. The smallest absolute Gasteiger partial charge is 0.261 e. The molecule has 110 valence electrons. The zero-order valence-corrected chi connectivity index (χ0v) is 12.7. The normalized spacial score (nSPS) is 11.3. The number of fused-ring (bicyclic) bond motifs is 1. The third-order valence-corrected chi connectivity index (χ3v) is 4.92. The largest absolute Gasteiger partial charge is 0.359 e. The standard InChI is InChI=1S/C15H10ClN3O2S/c16-13-5-6-14(15-12(13)7-8-18-15)19-22(20,21)11-3-1-10(9-17)2-4-11/h1-8,18-19H. The highest BCUT2D eigenvalue weighted by atomic mass is 35.5. The minimum atomic E-state index is -3.74. The molecule has 0 amide bonds. The van der Waals surface area contributed by atoms with Crippen molar-refractivity contribution in [3.05, 3.63) is 59.2 Å². The Morgan fingerprint density at radius 3 is 2.50 bits per heavy atom. The van der Waals surface area contributed by atoms with E-state index in [9.17, 15) is 8.42 Å². The summed E-state index contributed by atoms with van der Waals surface area (Å²) < 4.78 is 27.3. The van der Waals surface area contributed by atoms with Crippen molar-refractivity contribution >= 4 is 38.2 Å². The Hall–Kier alpha value is -2.49. The number of hydrogen-bond donors (Lipinski definition) is 2. The molecule has 3 aromatic rings. The van der Waals surface area contributed by atoms with Gasteiger partial charge in [0.25, 0.3) is 10.0 Å². The number of anilines is 1. The molecule has 0 saturated carbocycles. The fourth-order valence-electron chi connectivity index (χ4n) is 2.12. The van der Waals surface area contributed by atoms with Gasteiger partial charge in [0.2, 0.25) is 0 Å². The van der Waals surface area contributed by atoms with Gasteiger partial charge >= 0.3 is 0 Å². The summed E-state index contributed by atoms with van der Waals surface area (Å²) in [7, 11) is -3.74. The highest BCUT2D eigenvalue weighted by Gasteiger charge is 2.16. The molecule has 0 atom stereocenters. The molecule has 0 spiro atoms. The molecule has 2 aromatic carbocycles. The van der Waals surface area contributed by atoms with Crippen LogP contribution in [0.4, 0.5) is 5.69 Å². The molecule has 5 nitrogen and oxygen atoms in total. The molecular weight excluding hydrogens is 322 g/mol. The maximum absolute atomic E-state index is 12.4. The van der Waals surface area contributed by atoms with Crippen LogP contribution in [0.25, 0.3) is 10.9 Å². The van der Waals surface area contributed by atoms with Crippen LogP contribution < -0.4 is 4.72 Å². The summed E-state index contributed by atoms with van der Waals surface area (Å²) in [5.74, 6) is 0. The van der Waals surface area contributed by atoms with Crippen LogP contribution in [0.1, 0.15) is 5.56 Å². The molecule has 0 unspecified atom stereocenters. The highest BCUT2D eigenvalue weighted by Crippen LogP contribution is 2.30. The van der Waals surface area contributed by atoms with E-state index in [4.69, 9.17) is 16.9 Å². The lowest BCUT2D eigenvalue weighted by Gasteiger charge is -2.09. The first kappa shape index (κ1) is 14.4. The Balaban J connectivity index is 2.01. The van der Waals surface area contributed by atoms with Crippen LogP contribution in [-0.2, 0) is 10.0 Å². The number of nitriles is 1. The summed E-state index contributed by atoms with van der Waals surface area (Å²) in [6.07, 6.45) is 1.69. The number of nitrogens with zero attached hydrogens (tertiary/aromatic N) is 1. The Morgan fingerprint density at radius 1 is 1.09 bits per heavy atom. The molecule has 0 aliphatic rings. The van der Waals surface area contributed by atoms with Gasteiger partial charge in [0.15, 0.2) is 0 Å². The van der Waals surface area contributed by atoms with E-state index in [2.05, 4.69) is 9.71 Å². The fourth-order valence-corrected chi connectivity index (χ4v) is 3.41. The molecule has 1 aromatic heterocycles. The van der Waals surface area contributed by atoms with Crippen molar-refractivity contribution in [1.29, 1.82) is 5.26 Å². The summed E-state index contributed by atoms with van der Waals surface area (Å²) in [4.78, 5) is 3.05. The lowest BCUT2D eigenvalue weighted by Crippen LogP contribution is -2.13. The first-order chi connectivity index (χ1) is 10.5. The van der Waals surface area contributed by atoms with Crippen molar-refractivity contribution < 1.29 is 8.42 Å². The number of aromatic nitrogens is 1. The summed E-state index contributed by atoms with van der Waals surface area (Å²) in [6.45, 7) is 0. The lowest BCUT2D eigenvalue weighted by molar-refractivity contribution is 0.601. The molecule has 0 aliphatic carbocycles. The first-order valence-electron chi connectivity index (χ1n) is 6.30. The van der Waals surface area contributed by atoms with Crippen molar-refractivity contribution in [3.8, 4) is 6.07 Å². The number of hydrogen-bond acceptors (Lipinski definition) is 3. The molecular formula is C15H10ClN3O2S. The summed E-state index contributed by atoms with van der Waals surface area (Å²) in [5, 5.41) is 10.0. The second-order valence-corrected chi connectivity index (χ2v) is 6.69. The van der Waals surface area contributed by atoms with E-state index in [1.54, 1.807) is 24.4 Å². The molecule has 7 heteroatoms. The van der Waals surface area contributed by atoms with Crippen LogP contribution in [-0.4, -0.2) is 13.4 Å². The Morgan fingerprint density at radius 2 is 1.82 bits per heavy atom. The molecule has 0 radical (unpaired) electrons. The van der Waals surface area contributed by atoms with Gasteiger partial charge in [-0.2, -0.15) is 5.26 Å². The number of rotatable bonds is 3. The van der Waals surface area contributed by atoms with Crippen LogP contribution in [0.15, 0.2) is 53.6 Å². The average Bonchev–Trinajstić information content (AvgIpc) is 3.01. The molecule has 3 rings (SSSR count). The third kappa shape index (κ3) is 2.52. The van der Waals surface area contributed by atoms with E-state index in [1.165, 1.54) is 24.3 Å². The molecule has 2 N–H and O–H groups in total. The Bertz CT molecular complexity index is 986. The zero-order chi connectivity index (χ0) is 15.7. The van der Waals surface area contributed by atoms with Crippen molar-refractivity contribution in [2.24, 2.45) is 0 Å². The third-order valence-electron chi connectivity index (χ3n) is 3.21. The van der Waals surface area contributed by atoms with Crippen molar-refractivity contribution in [2.75, 3.05) is 4.72 Å². The molecule has 0 saturated heterocycles. The second kappa shape index (κ2) is 5.37. The monoisotopic (exact) mass is 331 g/mol. The average molecular weight is 332 g/mol. The Labute approximate surface area is 132 Å². The van der Waals surface area contributed by atoms with Gasteiger partial charge in [-0.3, -0.25) is 4.72 Å². The maximum Gasteiger partial charge on any atom is 0.261 e. The summed E-state index contributed by atoms with van der Waals surface area (Å²) in [5.41, 5.74) is 1.43. The highest BCUT2D eigenvalue weighted by molar-refractivity contribution is 7.92. The first-order valence-corrected chi connectivity index (χ1v) is 8.16.